The van der Waals surface area contributed by atoms with Crippen LogP contribution in [0.15, 0.2) is 0 Å². The highest BCUT2D eigenvalue weighted by Gasteiger charge is 1.94. The van der Waals surface area contributed by atoms with E-state index >= 15 is 0 Å². The van der Waals surface area contributed by atoms with Crippen molar-refractivity contribution < 1.29 is 33.2 Å². The highest BCUT2D eigenvalue weighted by Crippen LogP contribution is 1.88. The smallest absolute Gasteiger partial charge is 0.216 e. The molecule has 0 aliphatic rings. The maximum absolute atomic E-state index is 10.6. The highest BCUT2D eigenvalue weighted by atomic mass is 16.6. The lowest BCUT2D eigenvalue weighted by atomic mass is 10.4. The normalized spacial score (nSPS) is 11.0. The molecule has 0 spiro atoms. The van der Waals surface area contributed by atoms with Crippen LogP contribution in [0.3, 0.4) is 0 Å². The first kappa shape index (κ1) is 25.2. The molecule has 0 aliphatic heterocycles. The number of rotatable bonds is 21. The lowest BCUT2D eigenvalue weighted by Gasteiger charge is -2.08. The molecule has 156 valence electrons. The standard InChI is InChI=1S/C18H37NO7/c1-3-4-6-21-8-10-23-12-14-25-16-17-26-15-13-24-11-9-22-7-5-19-18(2)20/h3-17H2,1-2H3,(H,19,20). The first-order valence-electron chi connectivity index (χ1n) is 9.48. The summed E-state index contributed by atoms with van der Waals surface area (Å²) in [4.78, 5) is 10.6. The zero-order valence-electron chi connectivity index (χ0n) is 16.5. The fourth-order valence-electron chi connectivity index (χ4n) is 1.75. The molecule has 0 atom stereocenters. The quantitative estimate of drug-likeness (QED) is 0.298. The van der Waals surface area contributed by atoms with E-state index in [-0.39, 0.29) is 5.91 Å². The molecule has 0 heterocycles. The molecule has 0 unspecified atom stereocenters. The van der Waals surface area contributed by atoms with Crippen molar-refractivity contribution >= 4 is 5.91 Å². The van der Waals surface area contributed by atoms with Gasteiger partial charge in [-0.05, 0) is 6.42 Å². The molecule has 8 nitrogen and oxygen atoms in total. The van der Waals surface area contributed by atoms with Gasteiger partial charge in [-0.3, -0.25) is 4.79 Å². The van der Waals surface area contributed by atoms with Crippen LogP contribution in [0.1, 0.15) is 26.7 Å². The van der Waals surface area contributed by atoms with Gasteiger partial charge in [-0.25, -0.2) is 0 Å². The van der Waals surface area contributed by atoms with E-state index in [1.165, 1.54) is 6.92 Å². The molecule has 1 N–H and O–H groups in total. The van der Waals surface area contributed by atoms with Gasteiger partial charge in [0.05, 0.1) is 72.7 Å². The van der Waals surface area contributed by atoms with Gasteiger partial charge in [-0.1, -0.05) is 13.3 Å². The summed E-state index contributed by atoms with van der Waals surface area (Å²) in [6.45, 7) is 11.0. The number of ether oxygens (including phenoxy) is 6. The molecule has 0 aliphatic carbocycles. The first-order valence-corrected chi connectivity index (χ1v) is 9.48. The van der Waals surface area contributed by atoms with E-state index in [1.54, 1.807) is 0 Å². The third kappa shape index (κ3) is 23.2. The number of hydrogen-bond donors (Lipinski definition) is 1. The Bertz CT molecular complexity index is 293. The second kappa shape index (κ2) is 22.3. The van der Waals surface area contributed by atoms with Crippen LogP contribution in [0.4, 0.5) is 0 Å². The maximum atomic E-state index is 10.6. The Balaban J connectivity index is 2.98. The van der Waals surface area contributed by atoms with E-state index in [4.69, 9.17) is 28.4 Å². The molecule has 26 heavy (non-hydrogen) atoms. The minimum Gasteiger partial charge on any atom is -0.379 e. The van der Waals surface area contributed by atoms with Crippen LogP contribution < -0.4 is 5.32 Å². The molecule has 0 fully saturated rings. The molecule has 0 aromatic carbocycles. The van der Waals surface area contributed by atoms with Crippen LogP contribution in [-0.2, 0) is 33.2 Å². The van der Waals surface area contributed by atoms with Gasteiger partial charge in [-0.2, -0.15) is 0 Å². The number of carbonyl (C=O) groups excluding carboxylic acids is 1. The number of nitrogens with one attached hydrogen (secondary N) is 1. The van der Waals surface area contributed by atoms with Crippen LogP contribution in [0, 0.1) is 0 Å². The molecule has 0 bridgehead atoms. The van der Waals surface area contributed by atoms with Crippen molar-refractivity contribution in [1.29, 1.82) is 0 Å². The van der Waals surface area contributed by atoms with Gasteiger partial charge in [0.15, 0.2) is 0 Å². The predicted molar refractivity (Wildman–Crippen MR) is 98.5 cm³/mol. The second-order valence-electron chi connectivity index (χ2n) is 5.51. The van der Waals surface area contributed by atoms with Crippen molar-refractivity contribution in [2.24, 2.45) is 0 Å². The summed E-state index contributed by atoms with van der Waals surface area (Å²) >= 11 is 0. The van der Waals surface area contributed by atoms with Gasteiger partial charge in [0.1, 0.15) is 0 Å². The van der Waals surface area contributed by atoms with Crippen LogP contribution in [0.5, 0.6) is 0 Å². The van der Waals surface area contributed by atoms with Gasteiger partial charge < -0.3 is 33.7 Å². The zero-order chi connectivity index (χ0) is 19.1. The molecule has 0 saturated carbocycles. The van der Waals surface area contributed by atoms with E-state index in [0.29, 0.717) is 79.2 Å². The summed E-state index contributed by atoms with van der Waals surface area (Å²) in [6.07, 6.45) is 2.25. The van der Waals surface area contributed by atoms with Gasteiger partial charge in [0, 0.05) is 20.1 Å². The van der Waals surface area contributed by atoms with Gasteiger partial charge in [0.2, 0.25) is 5.91 Å². The van der Waals surface area contributed by atoms with Gasteiger partial charge in [0.25, 0.3) is 0 Å². The summed E-state index contributed by atoms with van der Waals surface area (Å²) in [5.41, 5.74) is 0. The first-order chi connectivity index (χ1) is 12.8. The molecule has 8 heteroatoms. The van der Waals surface area contributed by atoms with Crippen LogP contribution >= 0.6 is 0 Å². The molecular weight excluding hydrogens is 342 g/mol. The molecule has 0 rings (SSSR count). The Kier molecular flexibility index (Phi) is 21.6. The fourth-order valence-corrected chi connectivity index (χ4v) is 1.75. The minimum absolute atomic E-state index is 0.0501. The lowest BCUT2D eigenvalue weighted by Crippen LogP contribution is -2.25. The summed E-state index contributed by atoms with van der Waals surface area (Å²) < 4.78 is 32.2. The maximum Gasteiger partial charge on any atom is 0.216 e. The van der Waals surface area contributed by atoms with Crippen molar-refractivity contribution in [2.45, 2.75) is 26.7 Å². The fraction of sp³-hybridized carbons (Fsp3) is 0.944. The third-order valence-electron chi connectivity index (χ3n) is 3.12. The number of unbranched alkanes of at least 4 members (excludes halogenated alkanes) is 1. The molecule has 0 radical (unpaired) electrons. The largest absolute Gasteiger partial charge is 0.379 e. The van der Waals surface area contributed by atoms with Crippen molar-refractivity contribution in [3.05, 3.63) is 0 Å². The van der Waals surface area contributed by atoms with Gasteiger partial charge in [-0.15, -0.1) is 0 Å². The zero-order valence-corrected chi connectivity index (χ0v) is 16.5. The second-order valence-corrected chi connectivity index (χ2v) is 5.51. The molecule has 0 aromatic rings. The monoisotopic (exact) mass is 379 g/mol. The minimum atomic E-state index is -0.0501. The number of carbonyl (C=O) groups is 1. The van der Waals surface area contributed by atoms with Crippen LogP contribution in [0.25, 0.3) is 0 Å². The molecule has 1 amide bonds. The predicted octanol–water partition coefficient (Wildman–Crippen LogP) is 1.02. The van der Waals surface area contributed by atoms with Crippen molar-refractivity contribution in [3.63, 3.8) is 0 Å². The Hall–Kier alpha value is -0.770. The average molecular weight is 379 g/mol. The van der Waals surface area contributed by atoms with E-state index in [0.717, 1.165) is 19.4 Å². The van der Waals surface area contributed by atoms with E-state index in [9.17, 15) is 4.79 Å². The molecule has 0 aromatic heterocycles. The molecular formula is C18H37NO7. The summed E-state index contributed by atoms with van der Waals surface area (Å²) in [5, 5.41) is 2.65. The van der Waals surface area contributed by atoms with Crippen LogP contribution in [-0.4, -0.2) is 91.7 Å². The average Bonchev–Trinajstić information content (AvgIpc) is 2.62. The van der Waals surface area contributed by atoms with Gasteiger partial charge >= 0.3 is 0 Å². The SMILES string of the molecule is CCCCOCCOCCOCCOCCOCCOCCNC(C)=O. The van der Waals surface area contributed by atoms with E-state index in [2.05, 4.69) is 12.2 Å². The van der Waals surface area contributed by atoms with E-state index < -0.39 is 0 Å². The highest BCUT2D eigenvalue weighted by molar-refractivity contribution is 5.72. The summed E-state index contributed by atoms with van der Waals surface area (Å²) in [6, 6.07) is 0. The summed E-state index contributed by atoms with van der Waals surface area (Å²) in [7, 11) is 0. The topological polar surface area (TPSA) is 84.5 Å². The number of hydrogen-bond acceptors (Lipinski definition) is 7. The molecule has 0 saturated heterocycles. The Labute approximate surface area is 157 Å². The number of amides is 1. The Morgan fingerprint density at radius 2 is 0.962 bits per heavy atom. The van der Waals surface area contributed by atoms with Crippen molar-refractivity contribution in [2.75, 3.05) is 85.8 Å². The summed E-state index contributed by atoms with van der Waals surface area (Å²) in [5.74, 6) is -0.0501. The lowest BCUT2D eigenvalue weighted by molar-refractivity contribution is -0.119. The van der Waals surface area contributed by atoms with E-state index in [1.807, 2.05) is 0 Å². The Morgan fingerprint density at radius 1 is 0.615 bits per heavy atom. The van der Waals surface area contributed by atoms with Crippen molar-refractivity contribution in [1.82, 2.24) is 5.32 Å². The Morgan fingerprint density at radius 3 is 1.31 bits per heavy atom. The van der Waals surface area contributed by atoms with Crippen LogP contribution in [0.2, 0.25) is 0 Å². The van der Waals surface area contributed by atoms with Crippen molar-refractivity contribution in [3.8, 4) is 0 Å². The third-order valence-corrected chi connectivity index (χ3v) is 3.12.